The molecule has 0 radical (unpaired) electrons. The van der Waals surface area contributed by atoms with E-state index in [9.17, 15) is 0 Å². The number of nitrogen functional groups attached to an aromatic ring is 1. The molecule has 1 unspecified atom stereocenters. The molecular weight excluding hydrogens is 196 g/mol. The highest BCUT2D eigenvalue weighted by Gasteiger charge is 2.29. The van der Waals surface area contributed by atoms with Crippen LogP contribution >= 0.6 is 11.6 Å². The Morgan fingerprint density at radius 3 is 3.00 bits per heavy atom. The third-order valence-electron chi connectivity index (χ3n) is 2.75. The van der Waals surface area contributed by atoms with Crippen molar-refractivity contribution < 1.29 is 0 Å². The summed E-state index contributed by atoms with van der Waals surface area (Å²) in [6.07, 6.45) is 6.29. The van der Waals surface area contributed by atoms with Crippen molar-refractivity contribution in [2.45, 2.75) is 31.1 Å². The number of anilines is 1. The van der Waals surface area contributed by atoms with E-state index in [1.54, 1.807) is 6.20 Å². The molecule has 1 aliphatic rings. The zero-order valence-corrected chi connectivity index (χ0v) is 8.87. The van der Waals surface area contributed by atoms with E-state index >= 15 is 0 Å². The Morgan fingerprint density at radius 2 is 2.36 bits per heavy atom. The Labute approximate surface area is 89.5 Å². The molecule has 1 heterocycles. The SMILES string of the molecule is Nc1ncccc1CCC(Cl)C1CC1. The van der Waals surface area contributed by atoms with E-state index in [0.29, 0.717) is 11.2 Å². The van der Waals surface area contributed by atoms with Crippen molar-refractivity contribution in [1.82, 2.24) is 4.98 Å². The summed E-state index contributed by atoms with van der Waals surface area (Å²) in [5, 5.41) is 0.328. The topological polar surface area (TPSA) is 38.9 Å². The van der Waals surface area contributed by atoms with Gasteiger partial charge in [-0.1, -0.05) is 6.07 Å². The standard InChI is InChI=1S/C11H15ClN2/c12-10(8-3-4-8)6-5-9-2-1-7-14-11(9)13/h1-2,7-8,10H,3-6H2,(H2,13,14). The van der Waals surface area contributed by atoms with Gasteiger partial charge in [0.15, 0.2) is 0 Å². The van der Waals surface area contributed by atoms with Crippen LogP contribution in [0, 0.1) is 5.92 Å². The molecule has 1 saturated carbocycles. The van der Waals surface area contributed by atoms with Crippen LogP contribution in [-0.2, 0) is 6.42 Å². The van der Waals surface area contributed by atoms with E-state index in [-0.39, 0.29) is 0 Å². The van der Waals surface area contributed by atoms with E-state index in [0.717, 1.165) is 24.3 Å². The summed E-state index contributed by atoms with van der Waals surface area (Å²) in [7, 11) is 0. The van der Waals surface area contributed by atoms with Gasteiger partial charge in [0.2, 0.25) is 0 Å². The number of hydrogen-bond donors (Lipinski definition) is 1. The maximum atomic E-state index is 6.22. The summed E-state index contributed by atoms with van der Waals surface area (Å²) in [5.41, 5.74) is 6.87. The van der Waals surface area contributed by atoms with Crippen molar-refractivity contribution in [2.24, 2.45) is 5.92 Å². The fraction of sp³-hybridized carbons (Fsp3) is 0.545. The molecule has 1 atom stereocenters. The average Bonchev–Trinajstić information content (AvgIpc) is 2.99. The molecule has 1 fully saturated rings. The van der Waals surface area contributed by atoms with Crippen LogP contribution in [-0.4, -0.2) is 10.4 Å². The Morgan fingerprint density at radius 1 is 1.57 bits per heavy atom. The van der Waals surface area contributed by atoms with Gasteiger partial charge >= 0.3 is 0 Å². The quantitative estimate of drug-likeness (QED) is 0.776. The van der Waals surface area contributed by atoms with Gasteiger partial charge in [-0.15, -0.1) is 11.6 Å². The number of alkyl halides is 1. The lowest BCUT2D eigenvalue weighted by atomic mass is 10.1. The number of hydrogen-bond acceptors (Lipinski definition) is 2. The Bertz CT molecular complexity index is 310. The van der Waals surface area contributed by atoms with E-state index < -0.39 is 0 Å². The normalized spacial score (nSPS) is 18.1. The van der Waals surface area contributed by atoms with Gasteiger partial charge < -0.3 is 5.73 Å². The lowest BCUT2D eigenvalue weighted by molar-refractivity contribution is 0.676. The molecule has 14 heavy (non-hydrogen) atoms. The van der Waals surface area contributed by atoms with Gasteiger partial charge in [-0.25, -0.2) is 4.98 Å². The Kier molecular flexibility index (Phi) is 2.92. The number of halogens is 1. The molecule has 0 aliphatic heterocycles. The highest BCUT2D eigenvalue weighted by atomic mass is 35.5. The molecule has 1 aromatic rings. The predicted molar refractivity (Wildman–Crippen MR) is 59.3 cm³/mol. The van der Waals surface area contributed by atoms with Gasteiger partial charge in [-0.2, -0.15) is 0 Å². The summed E-state index contributed by atoms with van der Waals surface area (Å²) >= 11 is 6.22. The summed E-state index contributed by atoms with van der Waals surface area (Å²) in [4.78, 5) is 4.05. The molecule has 1 aromatic heterocycles. The van der Waals surface area contributed by atoms with Crippen molar-refractivity contribution >= 4 is 17.4 Å². The number of aryl methyl sites for hydroxylation is 1. The second-order valence-corrected chi connectivity index (χ2v) is 4.50. The van der Waals surface area contributed by atoms with E-state index in [1.165, 1.54) is 12.8 Å². The molecule has 2 nitrogen and oxygen atoms in total. The largest absolute Gasteiger partial charge is 0.383 e. The highest BCUT2D eigenvalue weighted by molar-refractivity contribution is 6.20. The molecule has 0 spiro atoms. The summed E-state index contributed by atoms with van der Waals surface area (Å²) < 4.78 is 0. The van der Waals surface area contributed by atoms with Gasteiger partial charge in [0.05, 0.1) is 0 Å². The third kappa shape index (κ3) is 2.38. The van der Waals surface area contributed by atoms with Crippen molar-refractivity contribution in [1.29, 1.82) is 0 Å². The van der Waals surface area contributed by atoms with Gasteiger partial charge in [-0.3, -0.25) is 0 Å². The summed E-state index contributed by atoms with van der Waals surface area (Å²) in [6.45, 7) is 0. The second-order valence-electron chi connectivity index (χ2n) is 3.94. The molecule has 3 heteroatoms. The zero-order chi connectivity index (χ0) is 9.97. The molecule has 2 rings (SSSR count). The van der Waals surface area contributed by atoms with E-state index in [4.69, 9.17) is 17.3 Å². The number of rotatable bonds is 4. The number of pyridine rings is 1. The lowest BCUT2D eigenvalue weighted by Crippen LogP contribution is -2.05. The highest BCUT2D eigenvalue weighted by Crippen LogP contribution is 2.37. The van der Waals surface area contributed by atoms with Gasteiger partial charge in [-0.05, 0) is 43.2 Å². The Balaban J connectivity index is 1.87. The first-order valence-corrected chi connectivity index (χ1v) is 5.54. The van der Waals surface area contributed by atoms with Crippen LogP contribution in [0.25, 0.3) is 0 Å². The maximum Gasteiger partial charge on any atom is 0.126 e. The lowest BCUT2D eigenvalue weighted by Gasteiger charge is -2.08. The van der Waals surface area contributed by atoms with Crippen LogP contribution in [0.1, 0.15) is 24.8 Å². The van der Waals surface area contributed by atoms with Crippen molar-refractivity contribution in [3.8, 4) is 0 Å². The van der Waals surface area contributed by atoms with Gasteiger partial charge in [0, 0.05) is 11.6 Å². The van der Waals surface area contributed by atoms with Crippen molar-refractivity contribution in [3.05, 3.63) is 23.9 Å². The van der Waals surface area contributed by atoms with Crippen LogP contribution in [0.2, 0.25) is 0 Å². The molecule has 0 amide bonds. The van der Waals surface area contributed by atoms with Crippen LogP contribution < -0.4 is 5.73 Å². The Hall–Kier alpha value is -0.760. The fourth-order valence-electron chi connectivity index (χ4n) is 1.65. The van der Waals surface area contributed by atoms with Crippen LogP contribution in [0.4, 0.5) is 5.82 Å². The first-order valence-electron chi connectivity index (χ1n) is 5.11. The molecule has 0 saturated heterocycles. The molecule has 1 aliphatic carbocycles. The fourth-order valence-corrected chi connectivity index (χ4v) is 2.01. The van der Waals surface area contributed by atoms with E-state index in [2.05, 4.69) is 4.98 Å². The number of nitrogens with two attached hydrogens (primary N) is 1. The van der Waals surface area contributed by atoms with Crippen LogP contribution in [0.3, 0.4) is 0 Å². The maximum absolute atomic E-state index is 6.22. The minimum Gasteiger partial charge on any atom is -0.383 e. The van der Waals surface area contributed by atoms with Gasteiger partial charge in [0.25, 0.3) is 0 Å². The molecular formula is C11H15ClN2. The monoisotopic (exact) mass is 210 g/mol. The van der Waals surface area contributed by atoms with Crippen molar-refractivity contribution in [2.75, 3.05) is 5.73 Å². The molecule has 0 aromatic carbocycles. The van der Waals surface area contributed by atoms with E-state index in [1.807, 2.05) is 12.1 Å². The first kappa shape index (κ1) is 9.78. The molecule has 2 N–H and O–H groups in total. The second kappa shape index (κ2) is 4.18. The summed E-state index contributed by atoms with van der Waals surface area (Å²) in [6, 6.07) is 3.95. The van der Waals surface area contributed by atoms with Crippen molar-refractivity contribution in [3.63, 3.8) is 0 Å². The average molecular weight is 211 g/mol. The first-order chi connectivity index (χ1) is 6.77. The van der Waals surface area contributed by atoms with Crippen LogP contribution in [0.15, 0.2) is 18.3 Å². The number of nitrogens with zero attached hydrogens (tertiary/aromatic N) is 1. The number of aromatic nitrogens is 1. The summed E-state index contributed by atoms with van der Waals surface area (Å²) in [5.74, 6) is 1.40. The van der Waals surface area contributed by atoms with Gasteiger partial charge in [0.1, 0.15) is 5.82 Å². The molecule has 76 valence electrons. The third-order valence-corrected chi connectivity index (χ3v) is 3.32. The molecule has 0 bridgehead atoms. The zero-order valence-electron chi connectivity index (χ0n) is 8.12. The van der Waals surface area contributed by atoms with Crippen LogP contribution in [0.5, 0.6) is 0 Å². The minimum atomic E-state index is 0.328. The minimum absolute atomic E-state index is 0.328. The smallest absolute Gasteiger partial charge is 0.126 e. The predicted octanol–water partition coefficient (Wildman–Crippen LogP) is 2.61.